The SMILES string of the molecule is Cc1nc2c(s1)C(Nc1cccc(C(=O)NCCO)c1C)CCC2. The number of hydrogen-bond acceptors (Lipinski definition) is 5. The zero-order valence-corrected chi connectivity index (χ0v) is 14.9. The summed E-state index contributed by atoms with van der Waals surface area (Å²) >= 11 is 1.76. The number of rotatable bonds is 5. The predicted octanol–water partition coefficient (Wildman–Crippen LogP) is 2.97. The van der Waals surface area contributed by atoms with E-state index in [9.17, 15) is 4.79 Å². The molecule has 1 aliphatic carbocycles. The summed E-state index contributed by atoms with van der Waals surface area (Å²) in [6, 6.07) is 5.98. The quantitative estimate of drug-likeness (QED) is 0.779. The number of carbonyl (C=O) groups excluding carboxylic acids is 1. The van der Waals surface area contributed by atoms with Gasteiger partial charge in [0, 0.05) is 17.8 Å². The van der Waals surface area contributed by atoms with Crippen LogP contribution in [0.5, 0.6) is 0 Å². The van der Waals surface area contributed by atoms with Gasteiger partial charge in [-0.1, -0.05) is 6.07 Å². The lowest BCUT2D eigenvalue weighted by Crippen LogP contribution is -2.27. The molecule has 1 atom stereocenters. The van der Waals surface area contributed by atoms with Crippen molar-refractivity contribution < 1.29 is 9.90 Å². The minimum Gasteiger partial charge on any atom is -0.395 e. The van der Waals surface area contributed by atoms with Crippen molar-refractivity contribution >= 4 is 22.9 Å². The van der Waals surface area contributed by atoms with Gasteiger partial charge in [0.1, 0.15) is 0 Å². The van der Waals surface area contributed by atoms with E-state index in [-0.39, 0.29) is 25.1 Å². The van der Waals surface area contributed by atoms with Crippen LogP contribution in [0.2, 0.25) is 0 Å². The molecule has 0 aliphatic heterocycles. The molecule has 0 spiro atoms. The minimum absolute atomic E-state index is 0.0572. The first kappa shape index (κ1) is 16.9. The summed E-state index contributed by atoms with van der Waals surface area (Å²) in [6.45, 7) is 4.22. The van der Waals surface area contributed by atoms with Crippen LogP contribution in [0.4, 0.5) is 5.69 Å². The van der Waals surface area contributed by atoms with Gasteiger partial charge in [-0.25, -0.2) is 4.98 Å². The number of carbonyl (C=O) groups is 1. The first-order chi connectivity index (χ1) is 11.6. The van der Waals surface area contributed by atoms with Crippen LogP contribution in [-0.4, -0.2) is 29.1 Å². The van der Waals surface area contributed by atoms with Crippen LogP contribution < -0.4 is 10.6 Å². The number of amides is 1. The standard InChI is InChI=1S/C18H23N3O2S/c1-11-13(18(23)19-9-10-22)5-3-6-14(11)21-16-8-4-7-15-17(16)24-12(2)20-15/h3,5-6,16,21-22H,4,7-10H2,1-2H3,(H,19,23). The molecule has 0 radical (unpaired) electrons. The first-order valence-electron chi connectivity index (χ1n) is 8.31. The molecule has 0 saturated heterocycles. The Hall–Kier alpha value is -1.92. The second-order valence-electron chi connectivity index (χ2n) is 6.09. The highest BCUT2D eigenvalue weighted by molar-refractivity contribution is 7.11. The zero-order chi connectivity index (χ0) is 17.1. The van der Waals surface area contributed by atoms with Crippen molar-refractivity contribution in [1.82, 2.24) is 10.3 Å². The molecule has 1 heterocycles. The van der Waals surface area contributed by atoms with Gasteiger partial charge in [0.05, 0.1) is 28.2 Å². The van der Waals surface area contributed by atoms with Gasteiger partial charge in [-0.3, -0.25) is 4.79 Å². The van der Waals surface area contributed by atoms with Gasteiger partial charge in [0.2, 0.25) is 0 Å². The van der Waals surface area contributed by atoms with Crippen molar-refractivity contribution in [3.05, 3.63) is 44.9 Å². The maximum Gasteiger partial charge on any atom is 0.251 e. The van der Waals surface area contributed by atoms with Crippen LogP contribution >= 0.6 is 11.3 Å². The van der Waals surface area contributed by atoms with E-state index in [1.165, 1.54) is 10.6 Å². The van der Waals surface area contributed by atoms with Crippen LogP contribution in [0.1, 0.15) is 50.4 Å². The number of fused-ring (bicyclic) bond motifs is 1. The number of nitrogens with one attached hydrogen (secondary N) is 2. The third kappa shape index (κ3) is 3.44. The van der Waals surface area contributed by atoms with Crippen molar-refractivity contribution in [1.29, 1.82) is 0 Å². The van der Waals surface area contributed by atoms with Crippen LogP contribution in [0.15, 0.2) is 18.2 Å². The summed E-state index contributed by atoms with van der Waals surface area (Å²) in [5.41, 5.74) is 3.78. The molecule has 3 N–H and O–H groups in total. The number of hydrogen-bond donors (Lipinski definition) is 3. The second-order valence-corrected chi connectivity index (χ2v) is 7.33. The van der Waals surface area contributed by atoms with E-state index in [0.29, 0.717) is 5.56 Å². The monoisotopic (exact) mass is 345 g/mol. The summed E-state index contributed by atoms with van der Waals surface area (Å²) in [5, 5.41) is 16.3. The minimum atomic E-state index is -0.150. The van der Waals surface area contributed by atoms with E-state index in [4.69, 9.17) is 5.11 Å². The maximum atomic E-state index is 12.2. The molecule has 3 rings (SSSR count). The topological polar surface area (TPSA) is 74.2 Å². The number of aryl methyl sites for hydroxylation is 2. The van der Waals surface area contributed by atoms with Crippen LogP contribution in [0.3, 0.4) is 0 Å². The summed E-state index contributed by atoms with van der Waals surface area (Å²) in [5.74, 6) is -0.150. The van der Waals surface area contributed by atoms with Crippen molar-refractivity contribution in [3.8, 4) is 0 Å². The summed E-state index contributed by atoms with van der Waals surface area (Å²) < 4.78 is 0. The van der Waals surface area contributed by atoms with E-state index < -0.39 is 0 Å². The van der Waals surface area contributed by atoms with Crippen molar-refractivity contribution in [2.24, 2.45) is 0 Å². The molecular weight excluding hydrogens is 322 g/mol. The molecule has 0 fully saturated rings. The average molecular weight is 345 g/mol. The molecule has 128 valence electrons. The third-order valence-corrected chi connectivity index (χ3v) is 5.49. The van der Waals surface area contributed by atoms with Crippen LogP contribution in [0.25, 0.3) is 0 Å². The van der Waals surface area contributed by atoms with Crippen LogP contribution in [0, 0.1) is 13.8 Å². The van der Waals surface area contributed by atoms with Crippen molar-refractivity contribution in [3.63, 3.8) is 0 Å². The lowest BCUT2D eigenvalue weighted by atomic mass is 9.97. The lowest BCUT2D eigenvalue weighted by Gasteiger charge is -2.25. The zero-order valence-electron chi connectivity index (χ0n) is 14.1. The number of nitrogens with zero attached hydrogens (tertiary/aromatic N) is 1. The number of thiazole rings is 1. The highest BCUT2D eigenvalue weighted by Crippen LogP contribution is 2.37. The van der Waals surface area contributed by atoms with E-state index >= 15 is 0 Å². The fourth-order valence-corrected chi connectivity index (χ4v) is 4.23. The van der Waals surface area contributed by atoms with Crippen molar-refractivity contribution in [2.75, 3.05) is 18.5 Å². The molecular formula is C18H23N3O2S. The Labute approximate surface area is 146 Å². The Morgan fingerprint density at radius 3 is 3.04 bits per heavy atom. The smallest absolute Gasteiger partial charge is 0.251 e. The molecule has 1 aromatic heterocycles. The fraction of sp³-hybridized carbons (Fsp3) is 0.444. The van der Waals surface area contributed by atoms with Crippen LogP contribution in [-0.2, 0) is 6.42 Å². The molecule has 0 saturated carbocycles. The molecule has 1 unspecified atom stereocenters. The molecule has 1 aliphatic rings. The molecule has 5 nitrogen and oxygen atoms in total. The second kappa shape index (κ2) is 7.32. The highest BCUT2D eigenvalue weighted by Gasteiger charge is 2.24. The Kier molecular flexibility index (Phi) is 5.16. The third-order valence-electron chi connectivity index (χ3n) is 4.36. The molecule has 1 aromatic carbocycles. The maximum absolute atomic E-state index is 12.2. The molecule has 6 heteroatoms. The van der Waals surface area contributed by atoms with E-state index in [1.807, 2.05) is 25.1 Å². The summed E-state index contributed by atoms with van der Waals surface area (Å²) in [7, 11) is 0. The normalized spacial score (nSPS) is 16.5. The predicted molar refractivity (Wildman–Crippen MR) is 96.8 cm³/mol. The fourth-order valence-electron chi connectivity index (χ4n) is 3.17. The number of benzene rings is 1. The molecule has 24 heavy (non-hydrogen) atoms. The Morgan fingerprint density at radius 1 is 1.42 bits per heavy atom. The largest absolute Gasteiger partial charge is 0.395 e. The van der Waals surface area contributed by atoms with Gasteiger partial charge in [-0.05, 0) is 50.8 Å². The molecule has 0 bridgehead atoms. The number of aliphatic hydroxyl groups is 1. The van der Waals surface area contributed by atoms with E-state index in [1.54, 1.807) is 11.3 Å². The Balaban J connectivity index is 1.82. The lowest BCUT2D eigenvalue weighted by molar-refractivity contribution is 0.0944. The first-order valence-corrected chi connectivity index (χ1v) is 9.13. The van der Waals surface area contributed by atoms with E-state index in [2.05, 4.69) is 22.5 Å². The van der Waals surface area contributed by atoms with E-state index in [0.717, 1.165) is 35.5 Å². The number of aliphatic hydroxyl groups excluding tert-OH is 1. The average Bonchev–Trinajstić information content (AvgIpc) is 2.96. The Morgan fingerprint density at radius 2 is 2.25 bits per heavy atom. The van der Waals surface area contributed by atoms with Gasteiger partial charge in [0.15, 0.2) is 0 Å². The van der Waals surface area contributed by atoms with Gasteiger partial charge in [-0.2, -0.15) is 0 Å². The Bertz CT molecular complexity index is 742. The summed E-state index contributed by atoms with van der Waals surface area (Å²) in [4.78, 5) is 18.2. The molecule has 1 amide bonds. The van der Waals surface area contributed by atoms with Gasteiger partial charge in [0.25, 0.3) is 5.91 Å². The summed E-state index contributed by atoms with van der Waals surface area (Å²) in [6.07, 6.45) is 3.26. The van der Waals surface area contributed by atoms with Gasteiger partial charge < -0.3 is 15.7 Å². The van der Waals surface area contributed by atoms with Gasteiger partial charge in [-0.15, -0.1) is 11.3 Å². The number of anilines is 1. The van der Waals surface area contributed by atoms with Crippen molar-refractivity contribution in [2.45, 2.75) is 39.2 Å². The molecule has 2 aromatic rings. The van der Waals surface area contributed by atoms with Gasteiger partial charge >= 0.3 is 0 Å². The number of aromatic nitrogens is 1. The highest BCUT2D eigenvalue weighted by atomic mass is 32.1.